The van der Waals surface area contributed by atoms with Crippen molar-refractivity contribution in [3.63, 3.8) is 0 Å². The number of carbonyl (C=O) groups excluding carboxylic acids is 1. The number of anilines is 2. The van der Waals surface area contributed by atoms with Crippen molar-refractivity contribution in [3.05, 3.63) is 77.9 Å². The number of fused-ring (bicyclic) bond motifs is 1. The Kier molecular flexibility index (Phi) is 6.58. The van der Waals surface area contributed by atoms with E-state index in [4.69, 9.17) is 14.2 Å². The maximum absolute atomic E-state index is 13.0. The molecule has 3 aromatic rings. The molecule has 2 heterocycles. The smallest absolute Gasteiger partial charge is 0.255 e. The lowest BCUT2D eigenvalue weighted by molar-refractivity contribution is 0.102. The first-order valence-corrected chi connectivity index (χ1v) is 12.7. The van der Waals surface area contributed by atoms with Crippen molar-refractivity contribution in [3.8, 4) is 11.5 Å². The third kappa shape index (κ3) is 5.24. The number of benzene rings is 3. The number of sulfonamides is 1. The molecule has 10 heteroatoms. The molecule has 0 spiro atoms. The number of hydrogen-bond donors (Lipinski definition) is 2. The molecule has 1 amide bonds. The number of nitrogens with zero attached hydrogens (tertiary/aromatic N) is 1. The molecular weight excluding hydrogens is 470 g/mol. The lowest BCUT2D eigenvalue weighted by atomic mass is 10.2. The van der Waals surface area contributed by atoms with Crippen molar-refractivity contribution in [2.75, 3.05) is 43.3 Å². The second kappa shape index (κ2) is 9.95. The summed E-state index contributed by atoms with van der Waals surface area (Å²) in [5.74, 6) is 0.821. The topological polar surface area (TPSA) is 106 Å². The molecule has 2 N–H and O–H groups in total. The lowest BCUT2D eigenvalue weighted by Crippen LogP contribution is -2.36. The van der Waals surface area contributed by atoms with Crippen molar-refractivity contribution in [1.29, 1.82) is 0 Å². The van der Waals surface area contributed by atoms with Crippen LogP contribution in [0.15, 0.2) is 71.6 Å². The summed E-state index contributed by atoms with van der Waals surface area (Å²) in [4.78, 5) is 15.2. The molecular formula is C25H25N3O6S. The van der Waals surface area contributed by atoms with Crippen LogP contribution in [-0.2, 0) is 21.3 Å². The van der Waals surface area contributed by atoms with Crippen LogP contribution in [0.4, 0.5) is 11.4 Å². The number of hydrogen-bond acceptors (Lipinski definition) is 7. The summed E-state index contributed by atoms with van der Waals surface area (Å²) >= 11 is 0. The predicted octanol–water partition coefficient (Wildman–Crippen LogP) is 2.98. The van der Waals surface area contributed by atoms with E-state index >= 15 is 0 Å². The molecule has 0 atom stereocenters. The third-order valence-electron chi connectivity index (χ3n) is 5.81. The molecule has 5 rings (SSSR count). The van der Waals surface area contributed by atoms with Crippen LogP contribution in [0.2, 0.25) is 0 Å². The van der Waals surface area contributed by atoms with Crippen molar-refractivity contribution >= 4 is 27.3 Å². The van der Waals surface area contributed by atoms with E-state index in [1.54, 1.807) is 30.3 Å². The van der Waals surface area contributed by atoms with Crippen LogP contribution in [0.3, 0.4) is 0 Å². The SMILES string of the molecule is O=C(Nc1ccccc1N1CCOCC1)c1cccc(S(=O)(=O)NCc2ccc3c(c2)OCO3)c1. The van der Waals surface area contributed by atoms with E-state index in [1.165, 1.54) is 12.1 Å². The van der Waals surface area contributed by atoms with Crippen molar-refractivity contribution in [1.82, 2.24) is 4.72 Å². The van der Waals surface area contributed by atoms with Gasteiger partial charge in [0.2, 0.25) is 16.8 Å². The van der Waals surface area contributed by atoms with Crippen LogP contribution in [0.5, 0.6) is 11.5 Å². The highest BCUT2D eigenvalue weighted by Gasteiger charge is 2.20. The number of nitrogens with one attached hydrogen (secondary N) is 2. The van der Waals surface area contributed by atoms with Gasteiger partial charge in [-0.1, -0.05) is 24.3 Å². The van der Waals surface area contributed by atoms with Gasteiger partial charge in [-0.2, -0.15) is 0 Å². The number of para-hydroxylation sites is 2. The van der Waals surface area contributed by atoms with E-state index in [9.17, 15) is 13.2 Å². The van der Waals surface area contributed by atoms with E-state index in [-0.39, 0.29) is 23.8 Å². The summed E-state index contributed by atoms with van der Waals surface area (Å²) in [6.07, 6.45) is 0. The van der Waals surface area contributed by atoms with Gasteiger partial charge in [0.1, 0.15) is 0 Å². The van der Waals surface area contributed by atoms with Gasteiger partial charge in [-0.05, 0) is 48.0 Å². The summed E-state index contributed by atoms with van der Waals surface area (Å²) < 4.78 is 44.4. The maximum Gasteiger partial charge on any atom is 0.255 e. The summed E-state index contributed by atoms with van der Waals surface area (Å²) in [5, 5.41) is 2.92. The molecule has 1 saturated heterocycles. The fourth-order valence-electron chi connectivity index (χ4n) is 3.97. The molecule has 0 radical (unpaired) electrons. The van der Waals surface area contributed by atoms with Crippen LogP contribution >= 0.6 is 0 Å². The Bertz CT molecular complexity index is 1340. The molecule has 182 valence electrons. The second-order valence-corrected chi connectivity index (χ2v) is 9.88. The van der Waals surface area contributed by atoms with Crippen LogP contribution in [0.1, 0.15) is 15.9 Å². The highest BCUT2D eigenvalue weighted by Crippen LogP contribution is 2.32. The van der Waals surface area contributed by atoms with E-state index in [0.29, 0.717) is 30.4 Å². The lowest BCUT2D eigenvalue weighted by Gasteiger charge is -2.30. The highest BCUT2D eigenvalue weighted by molar-refractivity contribution is 7.89. The molecule has 2 aliphatic rings. The summed E-state index contributed by atoms with van der Waals surface area (Å²) in [5.41, 5.74) is 2.53. The zero-order valence-electron chi connectivity index (χ0n) is 18.9. The van der Waals surface area contributed by atoms with Gasteiger partial charge in [0, 0.05) is 25.2 Å². The van der Waals surface area contributed by atoms with Crippen molar-refractivity contribution in [2.24, 2.45) is 0 Å². The monoisotopic (exact) mass is 495 g/mol. The van der Waals surface area contributed by atoms with Crippen molar-refractivity contribution in [2.45, 2.75) is 11.4 Å². The minimum absolute atomic E-state index is 0.00681. The largest absolute Gasteiger partial charge is 0.454 e. The van der Waals surface area contributed by atoms with Gasteiger partial charge in [0.15, 0.2) is 11.5 Å². The minimum Gasteiger partial charge on any atom is -0.454 e. The average Bonchev–Trinajstić information content (AvgIpc) is 3.36. The Hall–Kier alpha value is -3.60. The minimum atomic E-state index is -3.85. The highest BCUT2D eigenvalue weighted by atomic mass is 32.2. The van der Waals surface area contributed by atoms with Gasteiger partial charge in [-0.25, -0.2) is 13.1 Å². The number of amides is 1. The average molecular weight is 496 g/mol. The summed E-state index contributed by atoms with van der Waals surface area (Å²) in [6.45, 7) is 2.94. The molecule has 0 aromatic heterocycles. The van der Waals surface area contributed by atoms with E-state index in [1.807, 2.05) is 24.3 Å². The Balaban J connectivity index is 1.29. The number of rotatable bonds is 7. The van der Waals surface area contributed by atoms with Gasteiger partial charge >= 0.3 is 0 Å². The molecule has 2 aliphatic heterocycles. The first-order valence-electron chi connectivity index (χ1n) is 11.2. The molecule has 0 aliphatic carbocycles. The fraction of sp³-hybridized carbons (Fsp3) is 0.240. The van der Waals surface area contributed by atoms with Gasteiger partial charge in [0.05, 0.1) is 29.5 Å². The molecule has 0 saturated carbocycles. The van der Waals surface area contributed by atoms with E-state index in [2.05, 4.69) is 14.9 Å². The van der Waals surface area contributed by atoms with Crippen LogP contribution in [0, 0.1) is 0 Å². The third-order valence-corrected chi connectivity index (χ3v) is 7.21. The van der Waals surface area contributed by atoms with Crippen LogP contribution < -0.4 is 24.4 Å². The Labute approximate surface area is 203 Å². The normalized spacial score (nSPS) is 15.1. The predicted molar refractivity (Wildman–Crippen MR) is 130 cm³/mol. The molecule has 3 aromatic carbocycles. The molecule has 1 fully saturated rings. The number of carbonyl (C=O) groups is 1. The van der Waals surface area contributed by atoms with Gasteiger partial charge in [-0.15, -0.1) is 0 Å². The van der Waals surface area contributed by atoms with Crippen molar-refractivity contribution < 1.29 is 27.4 Å². The molecule has 9 nitrogen and oxygen atoms in total. The zero-order chi connectivity index (χ0) is 24.3. The number of morpholine rings is 1. The summed E-state index contributed by atoms with van der Waals surface area (Å²) in [7, 11) is -3.85. The second-order valence-electron chi connectivity index (χ2n) is 8.11. The van der Waals surface area contributed by atoms with Crippen LogP contribution in [-0.4, -0.2) is 47.4 Å². The molecule has 0 bridgehead atoms. The summed E-state index contributed by atoms with van der Waals surface area (Å²) in [6, 6.07) is 18.8. The molecule has 0 unspecified atom stereocenters. The zero-order valence-corrected chi connectivity index (χ0v) is 19.7. The van der Waals surface area contributed by atoms with Gasteiger partial charge in [-0.3, -0.25) is 4.79 Å². The fourth-order valence-corrected chi connectivity index (χ4v) is 5.03. The maximum atomic E-state index is 13.0. The van der Waals surface area contributed by atoms with Gasteiger partial charge < -0.3 is 24.4 Å². The van der Waals surface area contributed by atoms with E-state index < -0.39 is 15.9 Å². The Morgan fingerprint density at radius 1 is 0.914 bits per heavy atom. The first-order chi connectivity index (χ1) is 17.0. The Morgan fingerprint density at radius 3 is 2.57 bits per heavy atom. The molecule has 35 heavy (non-hydrogen) atoms. The van der Waals surface area contributed by atoms with E-state index in [0.717, 1.165) is 24.3 Å². The number of ether oxygens (including phenoxy) is 3. The van der Waals surface area contributed by atoms with Gasteiger partial charge in [0.25, 0.3) is 5.91 Å². The van der Waals surface area contributed by atoms with Crippen LogP contribution in [0.25, 0.3) is 0 Å². The standard InChI is InChI=1S/C25H25N3O6S/c29-25(27-21-6-1-2-7-22(21)28-10-12-32-13-11-28)19-4-3-5-20(15-19)35(30,31)26-16-18-8-9-23-24(14-18)34-17-33-23/h1-9,14-15,26H,10-13,16-17H2,(H,27,29). The first kappa shape index (κ1) is 23.2. The Morgan fingerprint density at radius 2 is 1.71 bits per heavy atom. The quantitative estimate of drug-likeness (QED) is 0.519.